The smallest absolute Gasteiger partial charge is 0.243 e. The Morgan fingerprint density at radius 1 is 1.08 bits per heavy atom. The lowest BCUT2D eigenvalue weighted by molar-refractivity contribution is 0.0730. The highest BCUT2D eigenvalue weighted by atomic mass is 79.9. The van der Waals surface area contributed by atoms with E-state index in [0.29, 0.717) is 32.1 Å². The number of ether oxygens (including phenoxy) is 2. The van der Waals surface area contributed by atoms with Gasteiger partial charge in [0.1, 0.15) is 12.4 Å². The largest absolute Gasteiger partial charge is 0.488 e. The van der Waals surface area contributed by atoms with Crippen LogP contribution in [0.25, 0.3) is 0 Å². The molecule has 1 fully saturated rings. The Morgan fingerprint density at radius 2 is 1.84 bits per heavy atom. The van der Waals surface area contributed by atoms with E-state index in [4.69, 9.17) is 9.47 Å². The molecule has 0 atom stereocenters. The fraction of sp³-hybridized carbons (Fsp3) is 0.294. The molecule has 5 nitrogen and oxygen atoms in total. The third-order valence-electron chi connectivity index (χ3n) is 3.79. The predicted octanol–water partition coefficient (Wildman–Crippen LogP) is 3.81. The van der Waals surface area contributed by atoms with Crippen molar-refractivity contribution in [2.45, 2.75) is 11.5 Å². The van der Waals surface area contributed by atoms with Crippen molar-refractivity contribution in [3.63, 3.8) is 0 Å². The van der Waals surface area contributed by atoms with Crippen LogP contribution in [0.1, 0.15) is 5.56 Å². The first-order chi connectivity index (χ1) is 12.0. The maximum Gasteiger partial charge on any atom is 0.243 e. The van der Waals surface area contributed by atoms with Crippen LogP contribution in [0.15, 0.2) is 56.3 Å². The molecule has 8 heteroatoms. The Balaban J connectivity index is 1.75. The van der Waals surface area contributed by atoms with E-state index in [2.05, 4.69) is 31.9 Å². The molecule has 2 aromatic carbocycles. The second-order valence-electron chi connectivity index (χ2n) is 5.53. The van der Waals surface area contributed by atoms with Gasteiger partial charge >= 0.3 is 0 Å². The summed E-state index contributed by atoms with van der Waals surface area (Å²) in [5, 5.41) is 0. The highest BCUT2D eigenvalue weighted by Gasteiger charge is 2.26. The lowest BCUT2D eigenvalue weighted by Crippen LogP contribution is -2.40. The average molecular weight is 491 g/mol. The second kappa shape index (κ2) is 8.18. The van der Waals surface area contributed by atoms with Crippen LogP contribution in [0.5, 0.6) is 5.75 Å². The van der Waals surface area contributed by atoms with Crippen LogP contribution in [0.2, 0.25) is 0 Å². The van der Waals surface area contributed by atoms with Crippen molar-refractivity contribution in [1.29, 1.82) is 0 Å². The molecule has 0 spiro atoms. The Hall–Kier alpha value is -0.930. The van der Waals surface area contributed by atoms with Gasteiger partial charge in [0.05, 0.1) is 22.6 Å². The number of halogens is 2. The first-order valence-corrected chi connectivity index (χ1v) is 10.7. The fourth-order valence-corrected chi connectivity index (χ4v) is 5.13. The lowest BCUT2D eigenvalue weighted by Gasteiger charge is -2.26. The van der Waals surface area contributed by atoms with Gasteiger partial charge in [-0.3, -0.25) is 0 Å². The fourth-order valence-electron chi connectivity index (χ4n) is 2.49. The quantitative estimate of drug-likeness (QED) is 0.639. The van der Waals surface area contributed by atoms with E-state index >= 15 is 0 Å². The van der Waals surface area contributed by atoms with E-state index in [1.165, 1.54) is 4.31 Å². The van der Waals surface area contributed by atoms with E-state index in [0.717, 1.165) is 14.5 Å². The molecular formula is C17H17Br2NO4S. The summed E-state index contributed by atoms with van der Waals surface area (Å²) in [5.74, 6) is 0.699. The van der Waals surface area contributed by atoms with Crippen LogP contribution >= 0.6 is 31.9 Å². The number of rotatable bonds is 5. The van der Waals surface area contributed by atoms with Crippen LogP contribution in [-0.4, -0.2) is 39.0 Å². The second-order valence-corrected chi connectivity index (χ2v) is 9.24. The SMILES string of the molecule is O=S(=O)(c1cccc(COc2ccc(Br)cc2Br)c1)N1CCOCC1. The van der Waals surface area contributed by atoms with Crippen LogP contribution in [0.3, 0.4) is 0 Å². The van der Waals surface area contributed by atoms with Crippen molar-refractivity contribution in [3.05, 3.63) is 57.0 Å². The number of hydrogen-bond acceptors (Lipinski definition) is 4. The maximum absolute atomic E-state index is 12.7. The van der Waals surface area contributed by atoms with E-state index in [-0.39, 0.29) is 11.5 Å². The van der Waals surface area contributed by atoms with Gasteiger partial charge in [0.15, 0.2) is 0 Å². The monoisotopic (exact) mass is 489 g/mol. The molecule has 0 bridgehead atoms. The summed E-state index contributed by atoms with van der Waals surface area (Å²) >= 11 is 6.85. The van der Waals surface area contributed by atoms with Crippen LogP contribution in [-0.2, 0) is 21.4 Å². The van der Waals surface area contributed by atoms with Crippen molar-refractivity contribution in [1.82, 2.24) is 4.31 Å². The molecule has 25 heavy (non-hydrogen) atoms. The summed E-state index contributed by atoms with van der Waals surface area (Å²) in [6, 6.07) is 12.5. The minimum Gasteiger partial charge on any atom is -0.488 e. The number of nitrogens with zero attached hydrogens (tertiary/aromatic N) is 1. The summed E-state index contributed by atoms with van der Waals surface area (Å²) in [6.45, 7) is 1.91. The molecule has 1 heterocycles. The summed E-state index contributed by atoms with van der Waals surface area (Å²) < 4.78 is 39.7. The molecule has 0 unspecified atom stereocenters. The highest BCUT2D eigenvalue weighted by Crippen LogP contribution is 2.29. The minimum atomic E-state index is -3.50. The third-order valence-corrected chi connectivity index (χ3v) is 6.80. The van der Waals surface area contributed by atoms with Gasteiger partial charge in [-0.1, -0.05) is 28.1 Å². The first kappa shape index (κ1) is 18.8. The molecule has 1 aliphatic heterocycles. The maximum atomic E-state index is 12.7. The number of sulfonamides is 1. The lowest BCUT2D eigenvalue weighted by atomic mass is 10.2. The van der Waals surface area contributed by atoms with Gasteiger partial charge in [-0.15, -0.1) is 0 Å². The molecule has 0 radical (unpaired) electrons. The molecule has 1 saturated heterocycles. The van der Waals surface area contributed by atoms with Crippen molar-refractivity contribution in [2.24, 2.45) is 0 Å². The molecule has 3 rings (SSSR count). The number of benzene rings is 2. The highest BCUT2D eigenvalue weighted by molar-refractivity contribution is 9.11. The van der Waals surface area contributed by atoms with Gasteiger partial charge < -0.3 is 9.47 Å². The zero-order chi connectivity index (χ0) is 17.9. The molecule has 134 valence electrons. The third kappa shape index (κ3) is 4.62. The topological polar surface area (TPSA) is 55.8 Å². The number of morpholine rings is 1. The zero-order valence-corrected chi connectivity index (χ0v) is 17.3. The Kier molecular flexibility index (Phi) is 6.17. The summed E-state index contributed by atoms with van der Waals surface area (Å²) in [5.41, 5.74) is 0.796. The van der Waals surface area contributed by atoms with Crippen LogP contribution in [0, 0.1) is 0 Å². The van der Waals surface area contributed by atoms with Crippen molar-refractivity contribution >= 4 is 41.9 Å². The van der Waals surface area contributed by atoms with E-state index in [1.54, 1.807) is 18.2 Å². The van der Waals surface area contributed by atoms with E-state index < -0.39 is 10.0 Å². The van der Waals surface area contributed by atoms with Crippen LogP contribution < -0.4 is 4.74 Å². The molecule has 0 amide bonds. The van der Waals surface area contributed by atoms with Gasteiger partial charge in [0.25, 0.3) is 0 Å². The summed E-state index contributed by atoms with van der Waals surface area (Å²) in [4.78, 5) is 0.283. The molecule has 0 saturated carbocycles. The molecule has 1 aliphatic rings. The molecule has 0 N–H and O–H groups in total. The van der Waals surface area contributed by atoms with Gasteiger partial charge in [0, 0.05) is 17.6 Å². The minimum absolute atomic E-state index is 0.283. The number of hydrogen-bond donors (Lipinski definition) is 0. The van der Waals surface area contributed by atoms with Crippen molar-refractivity contribution in [3.8, 4) is 5.75 Å². The Bertz CT molecular complexity index is 851. The van der Waals surface area contributed by atoms with Gasteiger partial charge in [0.2, 0.25) is 10.0 Å². The molecular weight excluding hydrogens is 474 g/mol. The van der Waals surface area contributed by atoms with Crippen LogP contribution in [0.4, 0.5) is 0 Å². The molecule has 2 aromatic rings. The van der Waals surface area contributed by atoms with Gasteiger partial charge in [-0.2, -0.15) is 4.31 Å². The average Bonchev–Trinajstić information content (AvgIpc) is 2.62. The molecule has 0 aliphatic carbocycles. The van der Waals surface area contributed by atoms with Gasteiger partial charge in [-0.25, -0.2) is 8.42 Å². The zero-order valence-electron chi connectivity index (χ0n) is 13.3. The van der Waals surface area contributed by atoms with Gasteiger partial charge in [-0.05, 0) is 51.8 Å². The van der Waals surface area contributed by atoms with Crippen molar-refractivity contribution < 1.29 is 17.9 Å². The Morgan fingerprint density at radius 3 is 2.56 bits per heavy atom. The predicted molar refractivity (Wildman–Crippen MR) is 102 cm³/mol. The Labute approximate surface area is 164 Å². The van der Waals surface area contributed by atoms with Crippen molar-refractivity contribution in [2.75, 3.05) is 26.3 Å². The normalized spacial score (nSPS) is 15.9. The standard InChI is InChI=1S/C17H17Br2NO4S/c18-14-4-5-17(16(19)11-14)24-12-13-2-1-3-15(10-13)25(21,22)20-6-8-23-9-7-20/h1-5,10-11H,6-9,12H2. The summed E-state index contributed by atoms with van der Waals surface area (Å²) in [6.07, 6.45) is 0. The summed E-state index contributed by atoms with van der Waals surface area (Å²) in [7, 11) is -3.50. The molecule has 0 aromatic heterocycles. The van der Waals surface area contributed by atoms with E-state index in [1.807, 2.05) is 24.3 Å². The van der Waals surface area contributed by atoms with E-state index in [9.17, 15) is 8.42 Å². The first-order valence-electron chi connectivity index (χ1n) is 7.71.